The van der Waals surface area contributed by atoms with Crippen molar-refractivity contribution in [2.45, 2.75) is 26.2 Å². The average molecular weight is 193 g/mol. The topological polar surface area (TPSA) is 42.4 Å². The zero-order valence-electron chi connectivity index (χ0n) is 8.42. The first-order valence-electron chi connectivity index (χ1n) is 5.04. The van der Waals surface area contributed by atoms with Crippen molar-refractivity contribution in [1.82, 2.24) is 4.98 Å². The van der Waals surface area contributed by atoms with Crippen molar-refractivity contribution in [2.24, 2.45) is 0 Å². The van der Waals surface area contributed by atoms with Gasteiger partial charge in [-0.1, -0.05) is 0 Å². The summed E-state index contributed by atoms with van der Waals surface area (Å²) in [5.74, 6) is 0.680. The van der Waals surface area contributed by atoms with Crippen molar-refractivity contribution < 1.29 is 9.84 Å². The second-order valence-corrected chi connectivity index (χ2v) is 3.62. The highest BCUT2D eigenvalue weighted by molar-refractivity contribution is 5.41. The SMILES string of the molecule is Cc1c(OCCO)ncc2c1CCC2. The molecule has 1 N–H and O–H groups in total. The van der Waals surface area contributed by atoms with Gasteiger partial charge in [0.25, 0.3) is 0 Å². The summed E-state index contributed by atoms with van der Waals surface area (Å²) in [5.41, 5.74) is 3.90. The molecule has 1 aromatic rings. The van der Waals surface area contributed by atoms with Gasteiger partial charge in [-0.15, -0.1) is 0 Å². The minimum atomic E-state index is 0.0399. The fourth-order valence-corrected chi connectivity index (χ4v) is 1.99. The maximum atomic E-state index is 8.66. The molecule has 3 heteroatoms. The molecule has 0 unspecified atom stereocenters. The first kappa shape index (κ1) is 9.46. The Kier molecular flexibility index (Phi) is 2.68. The summed E-state index contributed by atoms with van der Waals surface area (Å²) >= 11 is 0. The van der Waals surface area contributed by atoms with E-state index in [2.05, 4.69) is 4.98 Å². The molecule has 0 radical (unpaired) electrons. The monoisotopic (exact) mass is 193 g/mol. The van der Waals surface area contributed by atoms with E-state index in [1.54, 1.807) is 0 Å². The molecule has 0 bridgehead atoms. The Morgan fingerprint density at radius 3 is 3.14 bits per heavy atom. The van der Waals surface area contributed by atoms with Crippen molar-refractivity contribution in [3.63, 3.8) is 0 Å². The van der Waals surface area contributed by atoms with Gasteiger partial charge in [-0.2, -0.15) is 0 Å². The highest BCUT2D eigenvalue weighted by Gasteiger charge is 2.16. The van der Waals surface area contributed by atoms with Gasteiger partial charge in [0.15, 0.2) is 0 Å². The van der Waals surface area contributed by atoms with Crippen LogP contribution in [0.4, 0.5) is 0 Å². The molecular weight excluding hydrogens is 178 g/mol. The van der Waals surface area contributed by atoms with E-state index in [9.17, 15) is 0 Å². The van der Waals surface area contributed by atoms with E-state index in [0.29, 0.717) is 12.5 Å². The Morgan fingerprint density at radius 2 is 2.36 bits per heavy atom. The first-order valence-corrected chi connectivity index (χ1v) is 5.04. The zero-order chi connectivity index (χ0) is 9.97. The van der Waals surface area contributed by atoms with Crippen LogP contribution in [0, 0.1) is 6.92 Å². The number of fused-ring (bicyclic) bond motifs is 1. The molecular formula is C11H15NO2. The molecule has 2 rings (SSSR count). The maximum Gasteiger partial charge on any atom is 0.216 e. The third-order valence-corrected chi connectivity index (χ3v) is 2.70. The summed E-state index contributed by atoms with van der Waals surface area (Å²) in [7, 11) is 0. The van der Waals surface area contributed by atoms with Crippen molar-refractivity contribution >= 4 is 0 Å². The Labute approximate surface area is 83.7 Å². The highest BCUT2D eigenvalue weighted by Crippen LogP contribution is 2.28. The number of hydrogen-bond donors (Lipinski definition) is 1. The second kappa shape index (κ2) is 3.96. The third-order valence-electron chi connectivity index (χ3n) is 2.70. The predicted molar refractivity (Wildman–Crippen MR) is 53.6 cm³/mol. The van der Waals surface area contributed by atoms with Gasteiger partial charge < -0.3 is 9.84 Å². The molecule has 0 spiro atoms. The van der Waals surface area contributed by atoms with E-state index < -0.39 is 0 Å². The van der Waals surface area contributed by atoms with Crippen LogP contribution in [0.3, 0.4) is 0 Å². The molecule has 0 amide bonds. The van der Waals surface area contributed by atoms with Gasteiger partial charge in [0, 0.05) is 11.8 Å². The summed E-state index contributed by atoms with van der Waals surface area (Å²) in [4.78, 5) is 4.25. The molecule has 1 aliphatic carbocycles. The van der Waals surface area contributed by atoms with Crippen LogP contribution < -0.4 is 4.74 Å². The molecule has 0 aliphatic heterocycles. The van der Waals surface area contributed by atoms with Gasteiger partial charge in [-0.25, -0.2) is 4.98 Å². The van der Waals surface area contributed by atoms with Gasteiger partial charge in [-0.3, -0.25) is 0 Å². The molecule has 0 aromatic carbocycles. The predicted octanol–water partition coefficient (Wildman–Crippen LogP) is 1.25. The van der Waals surface area contributed by atoms with Crippen LogP contribution in [0.1, 0.15) is 23.1 Å². The standard InChI is InChI=1S/C11H15NO2/c1-8-10-4-2-3-9(10)7-12-11(8)14-6-5-13/h7,13H,2-6H2,1H3. The van der Waals surface area contributed by atoms with Gasteiger partial charge in [0.05, 0.1) is 6.61 Å². The number of nitrogens with zero attached hydrogens (tertiary/aromatic N) is 1. The zero-order valence-corrected chi connectivity index (χ0v) is 8.42. The lowest BCUT2D eigenvalue weighted by molar-refractivity contribution is 0.196. The molecule has 0 atom stereocenters. The molecule has 3 nitrogen and oxygen atoms in total. The van der Waals surface area contributed by atoms with E-state index in [1.165, 1.54) is 17.5 Å². The van der Waals surface area contributed by atoms with Crippen LogP contribution in [0.2, 0.25) is 0 Å². The number of ether oxygens (including phenoxy) is 1. The molecule has 76 valence electrons. The van der Waals surface area contributed by atoms with Crippen LogP contribution in [0.25, 0.3) is 0 Å². The lowest BCUT2D eigenvalue weighted by Gasteiger charge is -2.10. The summed E-state index contributed by atoms with van der Waals surface area (Å²) in [5, 5.41) is 8.66. The van der Waals surface area contributed by atoms with E-state index in [0.717, 1.165) is 18.4 Å². The van der Waals surface area contributed by atoms with E-state index in [-0.39, 0.29) is 6.61 Å². The molecule has 1 heterocycles. The van der Waals surface area contributed by atoms with Crippen molar-refractivity contribution in [2.75, 3.05) is 13.2 Å². The van der Waals surface area contributed by atoms with Crippen LogP contribution in [-0.4, -0.2) is 23.3 Å². The molecule has 0 saturated carbocycles. The molecule has 0 saturated heterocycles. The summed E-state index contributed by atoms with van der Waals surface area (Å²) in [6.45, 7) is 2.41. The minimum absolute atomic E-state index is 0.0399. The fourth-order valence-electron chi connectivity index (χ4n) is 1.99. The van der Waals surface area contributed by atoms with Crippen LogP contribution >= 0.6 is 0 Å². The second-order valence-electron chi connectivity index (χ2n) is 3.62. The molecule has 0 fully saturated rings. The van der Waals surface area contributed by atoms with E-state index >= 15 is 0 Å². The van der Waals surface area contributed by atoms with Crippen molar-refractivity contribution in [1.29, 1.82) is 0 Å². The van der Waals surface area contributed by atoms with E-state index in [4.69, 9.17) is 9.84 Å². The Bertz CT molecular complexity index is 336. The lowest BCUT2D eigenvalue weighted by Crippen LogP contribution is -2.05. The normalized spacial score (nSPS) is 14.1. The first-order chi connectivity index (χ1) is 6.83. The Balaban J connectivity index is 2.26. The van der Waals surface area contributed by atoms with E-state index in [1.807, 2.05) is 13.1 Å². The number of aliphatic hydroxyl groups excluding tert-OH is 1. The smallest absolute Gasteiger partial charge is 0.216 e. The summed E-state index contributed by atoms with van der Waals surface area (Å²) in [6.07, 6.45) is 5.41. The number of aryl methyl sites for hydroxylation is 1. The van der Waals surface area contributed by atoms with Crippen molar-refractivity contribution in [3.05, 3.63) is 22.9 Å². The lowest BCUT2D eigenvalue weighted by atomic mass is 10.1. The maximum absolute atomic E-state index is 8.66. The van der Waals surface area contributed by atoms with Crippen LogP contribution in [0.5, 0.6) is 5.88 Å². The van der Waals surface area contributed by atoms with Gasteiger partial charge in [0.2, 0.25) is 5.88 Å². The average Bonchev–Trinajstić information content (AvgIpc) is 2.66. The summed E-state index contributed by atoms with van der Waals surface area (Å²) < 4.78 is 5.35. The Hall–Kier alpha value is -1.09. The highest BCUT2D eigenvalue weighted by atomic mass is 16.5. The molecule has 14 heavy (non-hydrogen) atoms. The fraction of sp³-hybridized carbons (Fsp3) is 0.545. The van der Waals surface area contributed by atoms with Gasteiger partial charge in [-0.05, 0) is 37.3 Å². The van der Waals surface area contributed by atoms with Crippen LogP contribution in [-0.2, 0) is 12.8 Å². The van der Waals surface area contributed by atoms with Gasteiger partial charge >= 0.3 is 0 Å². The molecule has 1 aliphatic rings. The number of pyridine rings is 1. The number of rotatable bonds is 3. The largest absolute Gasteiger partial charge is 0.475 e. The summed E-state index contributed by atoms with van der Waals surface area (Å²) in [6, 6.07) is 0. The van der Waals surface area contributed by atoms with Crippen molar-refractivity contribution in [3.8, 4) is 5.88 Å². The minimum Gasteiger partial charge on any atom is -0.475 e. The number of aliphatic hydroxyl groups is 1. The quantitative estimate of drug-likeness (QED) is 0.785. The van der Waals surface area contributed by atoms with Gasteiger partial charge in [0.1, 0.15) is 6.61 Å². The molecule has 1 aromatic heterocycles. The number of hydrogen-bond acceptors (Lipinski definition) is 3. The number of aromatic nitrogens is 1. The van der Waals surface area contributed by atoms with Crippen LogP contribution in [0.15, 0.2) is 6.20 Å². The Morgan fingerprint density at radius 1 is 1.50 bits per heavy atom. The third kappa shape index (κ3) is 1.60.